The summed E-state index contributed by atoms with van der Waals surface area (Å²) in [4.78, 5) is 11.6. The smallest absolute Gasteiger partial charge is 0.243 e. The molecule has 0 atom stereocenters. The second-order valence-electron chi connectivity index (χ2n) is 8.59. The second-order valence-corrected chi connectivity index (χ2v) is 10.5. The first kappa shape index (κ1) is 24.0. The number of sulfonamides is 1. The van der Waals surface area contributed by atoms with Gasteiger partial charge in [-0.1, -0.05) is 17.7 Å². The van der Waals surface area contributed by atoms with Crippen LogP contribution in [0, 0.1) is 27.7 Å². The van der Waals surface area contributed by atoms with Crippen LogP contribution in [0.2, 0.25) is 0 Å². The maximum absolute atomic E-state index is 13.4. The summed E-state index contributed by atoms with van der Waals surface area (Å²) < 4.78 is 33.6. The van der Waals surface area contributed by atoms with Crippen LogP contribution >= 0.6 is 0 Å². The van der Waals surface area contributed by atoms with Crippen LogP contribution in [0.15, 0.2) is 47.4 Å². The topological polar surface area (TPSA) is 87.7 Å². The van der Waals surface area contributed by atoms with Crippen molar-refractivity contribution in [3.05, 3.63) is 64.8 Å². The van der Waals surface area contributed by atoms with Gasteiger partial charge in [-0.2, -0.15) is 9.29 Å². The number of methoxy groups -OCH3 is 1. The third-order valence-corrected chi connectivity index (χ3v) is 8.28. The van der Waals surface area contributed by atoms with E-state index in [9.17, 15) is 8.42 Å². The minimum atomic E-state index is -3.60. The Labute approximate surface area is 201 Å². The van der Waals surface area contributed by atoms with E-state index in [4.69, 9.17) is 4.74 Å². The minimum Gasteiger partial charge on any atom is -0.496 e. The summed E-state index contributed by atoms with van der Waals surface area (Å²) in [5.74, 6) is 2.00. The largest absolute Gasteiger partial charge is 0.496 e. The maximum Gasteiger partial charge on any atom is 0.243 e. The van der Waals surface area contributed by atoms with Gasteiger partial charge in [0.15, 0.2) is 0 Å². The van der Waals surface area contributed by atoms with Gasteiger partial charge in [-0.05, 0) is 63.1 Å². The average molecular weight is 482 g/mol. The number of hydrogen-bond acceptors (Lipinski definition) is 7. The third-order valence-electron chi connectivity index (χ3n) is 6.24. The van der Waals surface area contributed by atoms with Crippen LogP contribution in [-0.4, -0.2) is 56.0 Å². The molecule has 180 valence electrons. The number of aryl methyl sites for hydroxylation is 2. The molecule has 0 unspecified atom stereocenters. The summed E-state index contributed by atoms with van der Waals surface area (Å²) >= 11 is 0. The Bertz CT molecular complexity index is 1280. The number of piperazine rings is 1. The van der Waals surface area contributed by atoms with Crippen molar-refractivity contribution in [2.24, 2.45) is 0 Å². The van der Waals surface area contributed by atoms with Gasteiger partial charge in [-0.15, -0.1) is 0 Å². The van der Waals surface area contributed by atoms with Crippen molar-refractivity contribution >= 4 is 27.5 Å². The maximum atomic E-state index is 13.4. The number of benzene rings is 2. The number of nitrogens with one attached hydrogen (secondary N) is 1. The van der Waals surface area contributed by atoms with Gasteiger partial charge < -0.3 is 15.0 Å². The van der Waals surface area contributed by atoms with E-state index >= 15 is 0 Å². The Kier molecular flexibility index (Phi) is 6.77. The molecular formula is C25H31N5O3S. The molecule has 34 heavy (non-hydrogen) atoms. The second kappa shape index (κ2) is 9.60. The van der Waals surface area contributed by atoms with Crippen molar-refractivity contribution in [3.63, 3.8) is 0 Å². The number of aromatic nitrogens is 2. The molecule has 2 aromatic carbocycles. The molecule has 1 fully saturated rings. The zero-order valence-electron chi connectivity index (χ0n) is 20.3. The normalized spacial score (nSPS) is 14.8. The molecule has 0 radical (unpaired) electrons. The average Bonchev–Trinajstić information content (AvgIpc) is 2.82. The fourth-order valence-electron chi connectivity index (χ4n) is 4.10. The Morgan fingerprint density at radius 1 is 0.882 bits per heavy atom. The summed E-state index contributed by atoms with van der Waals surface area (Å²) in [6.45, 7) is 9.55. The first-order valence-electron chi connectivity index (χ1n) is 11.3. The molecule has 9 heteroatoms. The molecule has 0 saturated carbocycles. The molecule has 8 nitrogen and oxygen atoms in total. The highest BCUT2D eigenvalue weighted by molar-refractivity contribution is 7.89. The highest BCUT2D eigenvalue weighted by Gasteiger charge is 2.31. The number of hydrogen-bond donors (Lipinski definition) is 1. The molecule has 3 aromatic rings. The van der Waals surface area contributed by atoms with E-state index in [2.05, 4.69) is 20.2 Å². The van der Waals surface area contributed by atoms with Gasteiger partial charge in [-0.25, -0.2) is 13.4 Å². The minimum absolute atomic E-state index is 0.335. The van der Waals surface area contributed by atoms with Gasteiger partial charge in [0.05, 0.1) is 12.0 Å². The van der Waals surface area contributed by atoms with Gasteiger partial charge in [-0.3, -0.25) is 0 Å². The lowest BCUT2D eigenvalue weighted by Gasteiger charge is -2.35. The predicted molar refractivity (Wildman–Crippen MR) is 135 cm³/mol. The van der Waals surface area contributed by atoms with Crippen LogP contribution in [0.25, 0.3) is 0 Å². The molecular weight excluding hydrogens is 450 g/mol. The lowest BCUT2D eigenvalue weighted by molar-refractivity contribution is 0.383. The van der Waals surface area contributed by atoms with Gasteiger partial charge >= 0.3 is 0 Å². The molecule has 0 amide bonds. The van der Waals surface area contributed by atoms with Crippen LogP contribution in [0.1, 0.15) is 22.4 Å². The van der Waals surface area contributed by atoms with E-state index in [1.807, 2.05) is 58.0 Å². The van der Waals surface area contributed by atoms with E-state index in [1.54, 1.807) is 23.5 Å². The van der Waals surface area contributed by atoms with Crippen LogP contribution in [0.4, 0.5) is 17.5 Å². The number of nitrogens with zero attached hydrogens (tertiary/aromatic N) is 4. The lowest BCUT2D eigenvalue weighted by atomic mass is 10.1. The van der Waals surface area contributed by atoms with Crippen molar-refractivity contribution in [1.29, 1.82) is 0 Å². The molecule has 1 aliphatic heterocycles. The highest BCUT2D eigenvalue weighted by atomic mass is 32.2. The Morgan fingerprint density at radius 3 is 2.21 bits per heavy atom. The van der Waals surface area contributed by atoms with Crippen molar-refractivity contribution in [1.82, 2.24) is 14.3 Å². The van der Waals surface area contributed by atoms with Crippen LogP contribution in [0.3, 0.4) is 0 Å². The summed E-state index contributed by atoms with van der Waals surface area (Å²) in [6.07, 6.45) is 0. The van der Waals surface area contributed by atoms with E-state index in [0.29, 0.717) is 42.8 Å². The fourth-order valence-corrected chi connectivity index (χ4v) is 5.81. The van der Waals surface area contributed by atoms with Gasteiger partial charge in [0.1, 0.15) is 11.6 Å². The highest BCUT2D eigenvalue weighted by Crippen LogP contribution is 2.30. The van der Waals surface area contributed by atoms with E-state index < -0.39 is 10.0 Å². The summed E-state index contributed by atoms with van der Waals surface area (Å²) in [5, 5.41) is 3.26. The van der Waals surface area contributed by atoms with E-state index in [-0.39, 0.29) is 0 Å². The van der Waals surface area contributed by atoms with Gasteiger partial charge in [0, 0.05) is 43.6 Å². The van der Waals surface area contributed by atoms with Crippen molar-refractivity contribution < 1.29 is 13.2 Å². The van der Waals surface area contributed by atoms with Crippen LogP contribution in [0.5, 0.6) is 5.75 Å². The number of rotatable bonds is 6. The molecule has 1 aromatic heterocycles. The molecule has 1 aliphatic rings. The first-order chi connectivity index (χ1) is 16.2. The predicted octanol–water partition coefficient (Wildman–Crippen LogP) is 3.97. The van der Waals surface area contributed by atoms with Crippen molar-refractivity contribution in [3.8, 4) is 5.75 Å². The molecule has 4 rings (SSSR count). The van der Waals surface area contributed by atoms with Crippen molar-refractivity contribution in [2.75, 3.05) is 43.5 Å². The number of anilines is 3. The van der Waals surface area contributed by atoms with E-state index in [0.717, 1.165) is 28.3 Å². The van der Waals surface area contributed by atoms with Crippen LogP contribution in [-0.2, 0) is 10.0 Å². The molecule has 0 spiro atoms. The quantitative estimate of drug-likeness (QED) is 0.570. The molecule has 1 saturated heterocycles. The molecule has 0 aliphatic carbocycles. The third kappa shape index (κ3) is 4.85. The zero-order chi connectivity index (χ0) is 24.5. The fraction of sp³-hybridized carbons (Fsp3) is 0.360. The SMILES string of the molecule is COc1ccc(S(=O)(=O)N2CCN(c3cc(C)nc(Nc4ccc(C)cc4)n3)CC2)c(C)c1C. The summed E-state index contributed by atoms with van der Waals surface area (Å²) in [6, 6.07) is 13.3. The summed E-state index contributed by atoms with van der Waals surface area (Å²) in [5.41, 5.74) is 4.51. The zero-order valence-corrected chi connectivity index (χ0v) is 21.1. The molecule has 1 N–H and O–H groups in total. The Balaban J connectivity index is 1.49. The molecule has 2 heterocycles. The van der Waals surface area contributed by atoms with Crippen LogP contribution < -0.4 is 15.0 Å². The standard InChI is InChI=1S/C25H31N5O3S/c1-17-6-8-21(9-7-17)27-25-26-18(2)16-24(28-25)29-12-14-30(15-13-29)34(31,32)23-11-10-22(33-5)19(3)20(23)4/h6-11,16H,12-15H2,1-5H3,(H,26,27,28). The van der Waals surface area contributed by atoms with Gasteiger partial charge in [0.25, 0.3) is 0 Å². The lowest BCUT2D eigenvalue weighted by Crippen LogP contribution is -2.49. The Morgan fingerprint density at radius 2 is 1.56 bits per heavy atom. The number of ether oxygens (including phenoxy) is 1. The first-order valence-corrected chi connectivity index (χ1v) is 12.7. The monoisotopic (exact) mass is 481 g/mol. The molecule has 0 bridgehead atoms. The van der Waals surface area contributed by atoms with E-state index in [1.165, 1.54) is 5.56 Å². The van der Waals surface area contributed by atoms with Crippen molar-refractivity contribution in [2.45, 2.75) is 32.6 Å². The van der Waals surface area contributed by atoms with Gasteiger partial charge in [0.2, 0.25) is 16.0 Å². The summed E-state index contributed by atoms with van der Waals surface area (Å²) in [7, 11) is -2.01. The Hall–Kier alpha value is -3.17.